The molecule has 1 unspecified atom stereocenters. The van der Waals surface area contributed by atoms with Gasteiger partial charge < -0.3 is 0 Å². The molecule has 1 aliphatic rings. The van der Waals surface area contributed by atoms with Gasteiger partial charge in [-0.05, 0) is 0 Å². The summed E-state index contributed by atoms with van der Waals surface area (Å²) in [6, 6.07) is 13.2. The van der Waals surface area contributed by atoms with Crippen LogP contribution in [-0.4, -0.2) is 84.2 Å². The monoisotopic (exact) mass is 605 g/mol. The Morgan fingerprint density at radius 1 is 1.24 bits per heavy atom. The fraction of sp³-hybridized carbons (Fsp3) is 0.261. The minimum atomic E-state index is -0.810. The summed E-state index contributed by atoms with van der Waals surface area (Å²) in [6.45, 7) is 2.66. The van der Waals surface area contributed by atoms with Crippen molar-refractivity contribution in [3.63, 3.8) is 0 Å². The van der Waals surface area contributed by atoms with E-state index in [1.165, 1.54) is 0 Å². The van der Waals surface area contributed by atoms with Gasteiger partial charge in [0.1, 0.15) is 0 Å². The van der Waals surface area contributed by atoms with Crippen LogP contribution in [0.1, 0.15) is 11.1 Å². The first-order chi connectivity index (χ1) is 15.9. The second-order valence-electron chi connectivity index (χ2n) is 7.70. The molecule has 169 valence electrons. The van der Waals surface area contributed by atoms with Gasteiger partial charge >= 0.3 is 219 Å². The summed E-state index contributed by atoms with van der Waals surface area (Å²) < 4.78 is 1.85. The number of nitrogens with zero attached hydrogens (tertiary/aromatic N) is 3. The number of benzene rings is 2. The number of carboxylic acids is 1. The third-order valence-corrected chi connectivity index (χ3v) is 9.87. The molecular weight excluding hydrogens is 585 g/mol. The molecule has 2 heterocycles. The van der Waals surface area contributed by atoms with Crippen LogP contribution < -0.4 is 14.3 Å². The fourth-order valence-corrected chi connectivity index (χ4v) is 7.75. The molecule has 0 saturated carbocycles. The zero-order chi connectivity index (χ0) is 23.4. The first-order valence-electron chi connectivity index (χ1n) is 10.3. The molecule has 2 N–H and O–H groups in total. The summed E-state index contributed by atoms with van der Waals surface area (Å²) >= 11 is 14.9. The van der Waals surface area contributed by atoms with Gasteiger partial charge in [-0.1, -0.05) is 0 Å². The third-order valence-electron chi connectivity index (χ3n) is 5.37. The van der Waals surface area contributed by atoms with Crippen molar-refractivity contribution in [2.24, 2.45) is 0 Å². The molecule has 33 heavy (non-hydrogen) atoms. The van der Waals surface area contributed by atoms with E-state index in [0.29, 0.717) is 29.7 Å². The van der Waals surface area contributed by atoms with Gasteiger partial charge in [0.15, 0.2) is 0 Å². The van der Waals surface area contributed by atoms with Crippen LogP contribution in [-0.2, 0) is 16.5 Å². The van der Waals surface area contributed by atoms with E-state index in [-0.39, 0.29) is 15.8 Å². The van der Waals surface area contributed by atoms with Crippen LogP contribution in [0.3, 0.4) is 0 Å². The first kappa shape index (κ1) is 24.7. The molecule has 1 aliphatic heterocycles. The van der Waals surface area contributed by atoms with Crippen molar-refractivity contribution in [3.05, 3.63) is 69.8 Å². The molecule has 1 atom stereocenters. The Hall–Kier alpha value is -1.39. The maximum absolute atomic E-state index is 11.3. The molecule has 2 aromatic carbocycles. The summed E-state index contributed by atoms with van der Waals surface area (Å²) in [5, 5.41) is 14.5. The molecule has 0 spiro atoms. The van der Waals surface area contributed by atoms with Crippen molar-refractivity contribution in [1.82, 2.24) is 20.2 Å². The van der Waals surface area contributed by atoms with E-state index in [0.717, 1.165) is 43.1 Å². The van der Waals surface area contributed by atoms with Gasteiger partial charge in [0.05, 0.1) is 0 Å². The van der Waals surface area contributed by atoms with Gasteiger partial charge in [-0.15, -0.1) is 0 Å². The molecule has 4 rings (SSSR count). The van der Waals surface area contributed by atoms with Gasteiger partial charge in [-0.2, -0.15) is 0 Å². The van der Waals surface area contributed by atoms with Gasteiger partial charge in [0.25, 0.3) is 0 Å². The first-order valence-corrected chi connectivity index (χ1v) is 14.3. The number of hydrogen-bond donors (Lipinski definition) is 2. The molecule has 3 radical (unpaired) electrons. The number of carbonyl (C=O) groups is 1. The van der Waals surface area contributed by atoms with Gasteiger partial charge in [-0.25, -0.2) is 0 Å². The van der Waals surface area contributed by atoms with E-state index in [1.807, 2.05) is 30.3 Å². The Morgan fingerprint density at radius 3 is 2.76 bits per heavy atom. The molecule has 6 nitrogen and oxygen atoms in total. The van der Waals surface area contributed by atoms with Crippen molar-refractivity contribution in [2.75, 3.05) is 19.6 Å². The minimum absolute atomic E-state index is 0.309. The summed E-state index contributed by atoms with van der Waals surface area (Å²) in [4.78, 5) is 23.0. The van der Waals surface area contributed by atoms with Gasteiger partial charge in [0.2, 0.25) is 0 Å². The Balaban J connectivity index is 1.50. The number of rotatable bonds is 7. The third kappa shape index (κ3) is 6.39. The molecule has 10 heteroatoms. The van der Waals surface area contributed by atoms with E-state index >= 15 is 0 Å². The number of aliphatic carboxylic acids is 1. The molecule has 0 amide bonds. The Morgan fingerprint density at radius 2 is 2.00 bits per heavy atom. The summed E-state index contributed by atoms with van der Waals surface area (Å²) in [5.41, 5.74) is 3.90. The van der Waals surface area contributed by atoms with Crippen LogP contribution in [0.5, 0.6) is 0 Å². The second kappa shape index (κ2) is 11.4. The Labute approximate surface area is 218 Å². The zero-order valence-corrected chi connectivity index (χ0v) is 22.8. The standard InChI is InChI=1S/C23H21As2Cl2N4O2/c24-21-22(25-10-16-17(26)5-2-6-18(16)27)30-19(11-29-21)15-4-1-3-14(9-15)12-31-8-7-28-20(13-31)23(32)33/h1-6,9,11,20,28H,7-8,10,12-13H2,(H,32,33). The topological polar surface area (TPSA) is 78.3 Å². The number of piperazine rings is 1. The van der Waals surface area contributed by atoms with E-state index in [9.17, 15) is 9.90 Å². The van der Waals surface area contributed by atoms with Crippen LogP contribution in [0.15, 0.2) is 48.7 Å². The number of carboxylic acid groups (broad SMARTS) is 1. The summed E-state index contributed by atoms with van der Waals surface area (Å²) in [6.07, 6.45) is 1.80. The summed E-state index contributed by atoms with van der Waals surface area (Å²) in [7, 11) is 0. The van der Waals surface area contributed by atoms with Crippen molar-refractivity contribution < 1.29 is 9.90 Å². The zero-order valence-electron chi connectivity index (χ0n) is 17.6. The average Bonchev–Trinajstić information content (AvgIpc) is 2.80. The quantitative estimate of drug-likeness (QED) is 0.399. The van der Waals surface area contributed by atoms with Crippen molar-refractivity contribution in [3.8, 4) is 11.3 Å². The van der Waals surface area contributed by atoms with Crippen molar-refractivity contribution in [2.45, 2.75) is 17.8 Å². The number of aromatic nitrogens is 2. The molecule has 0 aliphatic carbocycles. The Kier molecular flexibility index (Phi) is 8.51. The van der Waals surface area contributed by atoms with Crippen LogP contribution in [0.25, 0.3) is 11.3 Å². The molecule has 1 saturated heterocycles. The van der Waals surface area contributed by atoms with E-state index in [4.69, 9.17) is 28.2 Å². The second-order valence-corrected chi connectivity index (χ2v) is 11.6. The number of hydrogen-bond acceptors (Lipinski definition) is 5. The SMILES string of the molecule is O=C(O)C1CN(Cc2cccc(-c3cnc([As])c([As]Cc4c(Cl)cccc4Cl)n3)c2)CCN1. The van der Waals surface area contributed by atoms with Crippen LogP contribution in [0, 0.1) is 0 Å². The normalized spacial score (nSPS) is 17.0. The molecular formula is C23H21As2Cl2N4O2. The predicted molar refractivity (Wildman–Crippen MR) is 133 cm³/mol. The van der Waals surface area contributed by atoms with Crippen molar-refractivity contribution >= 4 is 70.7 Å². The van der Waals surface area contributed by atoms with E-state index < -0.39 is 12.0 Å². The summed E-state index contributed by atoms with van der Waals surface area (Å²) in [5.74, 6) is -0.810. The predicted octanol–water partition coefficient (Wildman–Crippen LogP) is 1.63. The van der Waals surface area contributed by atoms with Crippen LogP contribution in [0.2, 0.25) is 10.0 Å². The molecule has 1 fully saturated rings. The average molecular weight is 606 g/mol. The van der Waals surface area contributed by atoms with Crippen LogP contribution in [0.4, 0.5) is 0 Å². The number of nitrogens with one attached hydrogen (secondary N) is 1. The fourth-order valence-electron chi connectivity index (χ4n) is 3.66. The van der Waals surface area contributed by atoms with Gasteiger partial charge in [0, 0.05) is 0 Å². The molecule has 0 bridgehead atoms. The Bertz CT molecular complexity index is 1140. The molecule has 1 aromatic heterocycles. The number of halogens is 2. The van der Waals surface area contributed by atoms with E-state index in [1.54, 1.807) is 6.20 Å². The van der Waals surface area contributed by atoms with E-state index in [2.05, 4.69) is 44.2 Å². The van der Waals surface area contributed by atoms with Crippen LogP contribution >= 0.6 is 23.2 Å². The van der Waals surface area contributed by atoms with Gasteiger partial charge in [-0.3, -0.25) is 0 Å². The molecule has 3 aromatic rings. The van der Waals surface area contributed by atoms with Crippen molar-refractivity contribution in [1.29, 1.82) is 0 Å². The maximum atomic E-state index is 11.3.